The molecule has 0 spiro atoms. The second-order valence-electron chi connectivity index (χ2n) is 5.02. The van der Waals surface area contributed by atoms with Crippen molar-refractivity contribution in [1.82, 2.24) is 0 Å². The third-order valence-electron chi connectivity index (χ3n) is 3.29. The molecular formula is C18H20ClNO4. The smallest absolute Gasteiger partial charge is 0.255 e. The molecule has 0 unspecified atom stereocenters. The Balaban J connectivity index is 2.20. The summed E-state index contributed by atoms with van der Waals surface area (Å²) in [6.07, 6.45) is 0.846. The number of methoxy groups -OCH3 is 2. The van der Waals surface area contributed by atoms with Crippen molar-refractivity contribution >= 4 is 23.2 Å². The third-order valence-corrected chi connectivity index (χ3v) is 3.57. The van der Waals surface area contributed by atoms with E-state index in [4.69, 9.17) is 25.8 Å². The quantitative estimate of drug-likeness (QED) is 0.805. The number of hydrogen-bond acceptors (Lipinski definition) is 4. The van der Waals surface area contributed by atoms with E-state index in [0.717, 1.165) is 12.2 Å². The van der Waals surface area contributed by atoms with Crippen LogP contribution in [-0.2, 0) is 0 Å². The summed E-state index contributed by atoms with van der Waals surface area (Å²) < 4.78 is 16.0. The summed E-state index contributed by atoms with van der Waals surface area (Å²) >= 11 is 6.23. The largest absolute Gasteiger partial charge is 0.497 e. The first-order valence-corrected chi connectivity index (χ1v) is 7.92. The average molecular weight is 350 g/mol. The van der Waals surface area contributed by atoms with Crippen LogP contribution in [0.2, 0.25) is 5.02 Å². The lowest BCUT2D eigenvalue weighted by Gasteiger charge is -2.14. The van der Waals surface area contributed by atoms with E-state index in [-0.39, 0.29) is 5.91 Å². The average Bonchev–Trinajstić information content (AvgIpc) is 2.60. The molecule has 0 bridgehead atoms. The van der Waals surface area contributed by atoms with E-state index in [1.807, 2.05) is 6.92 Å². The molecule has 0 saturated heterocycles. The maximum atomic E-state index is 12.4. The zero-order valence-electron chi connectivity index (χ0n) is 13.9. The van der Waals surface area contributed by atoms with Gasteiger partial charge in [-0.25, -0.2) is 0 Å². The first kappa shape index (κ1) is 17.9. The molecule has 2 rings (SSSR count). The van der Waals surface area contributed by atoms with Gasteiger partial charge in [-0.2, -0.15) is 0 Å². The monoisotopic (exact) mass is 349 g/mol. The van der Waals surface area contributed by atoms with E-state index in [1.165, 1.54) is 7.11 Å². The van der Waals surface area contributed by atoms with Crippen LogP contribution < -0.4 is 19.5 Å². The highest BCUT2D eigenvalue weighted by molar-refractivity contribution is 6.32. The lowest BCUT2D eigenvalue weighted by Crippen LogP contribution is -2.12. The van der Waals surface area contributed by atoms with Gasteiger partial charge in [0, 0.05) is 11.3 Å². The minimum Gasteiger partial charge on any atom is -0.497 e. The molecule has 5 nitrogen and oxygen atoms in total. The number of carbonyl (C=O) groups excluding carboxylic acids is 1. The molecule has 0 aliphatic heterocycles. The summed E-state index contributed by atoms with van der Waals surface area (Å²) in [6.45, 7) is 2.52. The van der Waals surface area contributed by atoms with Crippen LogP contribution in [0.4, 0.5) is 5.69 Å². The predicted octanol–water partition coefficient (Wildman–Crippen LogP) is 4.40. The van der Waals surface area contributed by atoms with Crippen molar-refractivity contribution in [2.75, 3.05) is 26.1 Å². The number of hydrogen-bond donors (Lipinski definition) is 1. The standard InChI is InChI=1S/C18H20ClNO4/c1-4-9-24-17-15(19)10-12(11-16(17)23-3)18(21)20-13-5-7-14(22-2)8-6-13/h5-8,10-11H,4,9H2,1-3H3,(H,20,21). The van der Waals surface area contributed by atoms with Crippen molar-refractivity contribution in [1.29, 1.82) is 0 Å². The lowest BCUT2D eigenvalue weighted by atomic mass is 10.1. The Bertz CT molecular complexity index is 701. The number of ether oxygens (including phenoxy) is 3. The fourth-order valence-electron chi connectivity index (χ4n) is 2.07. The molecule has 0 aromatic heterocycles. The van der Waals surface area contributed by atoms with Gasteiger partial charge in [-0.15, -0.1) is 0 Å². The molecule has 128 valence electrons. The molecule has 0 saturated carbocycles. The topological polar surface area (TPSA) is 56.8 Å². The Morgan fingerprint density at radius 1 is 1.12 bits per heavy atom. The summed E-state index contributed by atoms with van der Waals surface area (Å²) in [5.74, 6) is 1.30. The molecule has 0 aliphatic rings. The number of anilines is 1. The highest BCUT2D eigenvalue weighted by Gasteiger charge is 2.16. The van der Waals surface area contributed by atoms with E-state index in [2.05, 4.69) is 5.32 Å². The number of nitrogens with one attached hydrogen (secondary N) is 1. The molecule has 6 heteroatoms. The van der Waals surface area contributed by atoms with Crippen LogP contribution in [0.15, 0.2) is 36.4 Å². The van der Waals surface area contributed by atoms with Gasteiger partial charge in [0.05, 0.1) is 25.8 Å². The fourth-order valence-corrected chi connectivity index (χ4v) is 2.34. The van der Waals surface area contributed by atoms with Crippen LogP contribution in [0.1, 0.15) is 23.7 Å². The zero-order valence-corrected chi connectivity index (χ0v) is 14.6. The van der Waals surface area contributed by atoms with E-state index in [0.29, 0.717) is 34.4 Å². The molecule has 2 aromatic rings. The summed E-state index contributed by atoms with van der Waals surface area (Å²) in [5, 5.41) is 3.14. The third kappa shape index (κ3) is 4.32. The number of amides is 1. The Kier molecular flexibility index (Phi) is 6.32. The summed E-state index contributed by atoms with van der Waals surface area (Å²) in [5.41, 5.74) is 1.04. The van der Waals surface area contributed by atoms with E-state index in [9.17, 15) is 4.79 Å². The maximum absolute atomic E-state index is 12.4. The van der Waals surface area contributed by atoms with E-state index >= 15 is 0 Å². The van der Waals surface area contributed by atoms with Crippen molar-refractivity contribution in [3.63, 3.8) is 0 Å². The van der Waals surface area contributed by atoms with Crippen molar-refractivity contribution in [3.05, 3.63) is 47.0 Å². The zero-order chi connectivity index (χ0) is 17.5. The molecule has 24 heavy (non-hydrogen) atoms. The minimum absolute atomic E-state index is 0.289. The Hall–Kier alpha value is -2.40. The molecule has 0 radical (unpaired) electrons. The second kappa shape index (κ2) is 8.45. The lowest BCUT2D eigenvalue weighted by molar-refractivity contribution is 0.102. The number of benzene rings is 2. The normalized spacial score (nSPS) is 10.2. The van der Waals surface area contributed by atoms with Crippen molar-refractivity contribution < 1.29 is 19.0 Å². The van der Waals surface area contributed by atoms with Crippen LogP contribution in [0.3, 0.4) is 0 Å². The van der Waals surface area contributed by atoms with Crippen LogP contribution in [0.5, 0.6) is 17.2 Å². The summed E-state index contributed by atoms with van der Waals surface area (Å²) in [4.78, 5) is 12.4. The fraction of sp³-hybridized carbons (Fsp3) is 0.278. The molecule has 2 aromatic carbocycles. The highest BCUT2D eigenvalue weighted by atomic mass is 35.5. The molecule has 0 fully saturated rings. The van der Waals surface area contributed by atoms with Gasteiger partial charge in [-0.3, -0.25) is 4.79 Å². The molecule has 0 atom stereocenters. The van der Waals surface area contributed by atoms with Crippen LogP contribution >= 0.6 is 11.6 Å². The van der Waals surface area contributed by atoms with Crippen molar-refractivity contribution in [2.24, 2.45) is 0 Å². The second-order valence-corrected chi connectivity index (χ2v) is 5.43. The number of carbonyl (C=O) groups is 1. The van der Waals surface area contributed by atoms with Gasteiger partial charge in [0.2, 0.25) is 0 Å². The van der Waals surface area contributed by atoms with Gasteiger partial charge >= 0.3 is 0 Å². The molecule has 1 N–H and O–H groups in total. The molecule has 1 amide bonds. The molecule has 0 aliphatic carbocycles. The van der Waals surface area contributed by atoms with Gasteiger partial charge < -0.3 is 19.5 Å². The van der Waals surface area contributed by atoms with Crippen LogP contribution in [0, 0.1) is 0 Å². The Morgan fingerprint density at radius 2 is 1.83 bits per heavy atom. The van der Waals surface area contributed by atoms with Gasteiger partial charge in [-0.1, -0.05) is 18.5 Å². The van der Waals surface area contributed by atoms with Crippen LogP contribution in [0.25, 0.3) is 0 Å². The first-order chi connectivity index (χ1) is 11.6. The Labute approximate surface area is 146 Å². The maximum Gasteiger partial charge on any atom is 0.255 e. The van der Waals surface area contributed by atoms with Gasteiger partial charge in [-0.05, 0) is 42.8 Å². The van der Waals surface area contributed by atoms with Gasteiger partial charge in [0.25, 0.3) is 5.91 Å². The predicted molar refractivity (Wildman–Crippen MR) is 94.7 cm³/mol. The number of halogens is 1. The van der Waals surface area contributed by atoms with E-state index < -0.39 is 0 Å². The van der Waals surface area contributed by atoms with Crippen molar-refractivity contribution in [2.45, 2.75) is 13.3 Å². The van der Waals surface area contributed by atoms with Gasteiger partial charge in [0.15, 0.2) is 11.5 Å². The highest BCUT2D eigenvalue weighted by Crippen LogP contribution is 2.36. The van der Waals surface area contributed by atoms with E-state index in [1.54, 1.807) is 43.5 Å². The minimum atomic E-state index is -0.289. The van der Waals surface area contributed by atoms with Crippen LogP contribution in [-0.4, -0.2) is 26.7 Å². The van der Waals surface area contributed by atoms with Crippen molar-refractivity contribution in [3.8, 4) is 17.2 Å². The molecular weight excluding hydrogens is 330 g/mol. The molecule has 0 heterocycles. The Morgan fingerprint density at radius 3 is 2.42 bits per heavy atom. The van der Waals surface area contributed by atoms with Gasteiger partial charge in [0.1, 0.15) is 5.75 Å². The first-order valence-electron chi connectivity index (χ1n) is 7.54. The SMILES string of the molecule is CCCOc1c(Cl)cc(C(=O)Nc2ccc(OC)cc2)cc1OC. The summed E-state index contributed by atoms with van der Waals surface area (Å²) in [7, 11) is 3.10. The summed E-state index contributed by atoms with van der Waals surface area (Å²) in [6, 6.07) is 10.2. The number of rotatable bonds is 7.